The maximum atomic E-state index is 12.5. The van der Waals surface area contributed by atoms with E-state index in [1.165, 1.54) is 23.6 Å². The Morgan fingerprint density at radius 3 is 2.64 bits per heavy atom. The first-order valence-corrected chi connectivity index (χ1v) is 6.05. The minimum atomic E-state index is -0.183. The number of nitrogens with one attached hydrogen (secondary N) is 1. The van der Waals surface area contributed by atoms with E-state index < -0.39 is 0 Å². The van der Waals surface area contributed by atoms with Crippen LogP contribution in [0, 0.1) is 5.82 Å². The summed E-state index contributed by atoms with van der Waals surface area (Å²) in [6.07, 6.45) is 1.15. The molecule has 3 heteroatoms. The SMILES string of the molecule is CCSCCCNc1ccc(F)cc1. The Morgan fingerprint density at radius 2 is 2.00 bits per heavy atom. The van der Waals surface area contributed by atoms with Crippen molar-refractivity contribution >= 4 is 17.4 Å². The lowest BCUT2D eigenvalue weighted by Crippen LogP contribution is -2.02. The van der Waals surface area contributed by atoms with E-state index in [4.69, 9.17) is 0 Å². The summed E-state index contributed by atoms with van der Waals surface area (Å²) in [6.45, 7) is 3.12. The van der Waals surface area contributed by atoms with Gasteiger partial charge in [0.2, 0.25) is 0 Å². The minimum Gasteiger partial charge on any atom is -0.385 e. The van der Waals surface area contributed by atoms with Gasteiger partial charge in [-0.05, 0) is 42.2 Å². The summed E-state index contributed by atoms with van der Waals surface area (Å²) in [7, 11) is 0. The molecule has 0 atom stereocenters. The molecule has 0 radical (unpaired) electrons. The molecule has 0 saturated heterocycles. The average molecular weight is 213 g/mol. The zero-order chi connectivity index (χ0) is 10.2. The van der Waals surface area contributed by atoms with Crippen LogP contribution < -0.4 is 5.32 Å². The molecule has 1 N–H and O–H groups in total. The maximum Gasteiger partial charge on any atom is 0.123 e. The van der Waals surface area contributed by atoms with Crippen LogP contribution >= 0.6 is 11.8 Å². The number of rotatable bonds is 6. The van der Waals surface area contributed by atoms with Crippen LogP contribution in [0.2, 0.25) is 0 Å². The molecule has 0 saturated carbocycles. The fourth-order valence-corrected chi connectivity index (χ4v) is 1.76. The van der Waals surface area contributed by atoms with Crippen molar-refractivity contribution in [2.75, 3.05) is 23.4 Å². The average Bonchev–Trinajstić information content (AvgIpc) is 2.21. The highest BCUT2D eigenvalue weighted by Crippen LogP contribution is 2.08. The Balaban J connectivity index is 2.15. The number of benzene rings is 1. The van der Waals surface area contributed by atoms with Crippen molar-refractivity contribution in [3.63, 3.8) is 0 Å². The van der Waals surface area contributed by atoms with Crippen molar-refractivity contribution < 1.29 is 4.39 Å². The summed E-state index contributed by atoms with van der Waals surface area (Å²) >= 11 is 1.95. The van der Waals surface area contributed by atoms with Crippen molar-refractivity contribution in [2.45, 2.75) is 13.3 Å². The Labute approximate surface area is 89.1 Å². The molecule has 78 valence electrons. The van der Waals surface area contributed by atoms with Crippen LogP contribution in [0.1, 0.15) is 13.3 Å². The third-order valence-electron chi connectivity index (χ3n) is 1.84. The van der Waals surface area contributed by atoms with E-state index in [0.29, 0.717) is 0 Å². The van der Waals surface area contributed by atoms with E-state index in [-0.39, 0.29) is 5.82 Å². The van der Waals surface area contributed by atoms with Crippen LogP contribution in [0.3, 0.4) is 0 Å². The third-order valence-corrected chi connectivity index (χ3v) is 2.83. The van der Waals surface area contributed by atoms with Gasteiger partial charge in [0.05, 0.1) is 0 Å². The Morgan fingerprint density at radius 1 is 1.29 bits per heavy atom. The maximum absolute atomic E-state index is 12.5. The van der Waals surface area contributed by atoms with Gasteiger partial charge < -0.3 is 5.32 Å². The fraction of sp³-hybridized carbons (Fsp3) is 0.455. The Hall–Kier alpha value is -0.700. The summed E-state index contributed by atoms with van der Waals surface area (Å²) in [6, 6.07) is 6.48. The minimum absolute atomic E-state index is 0.183. The second-order valence-electron chi connectivity index (χ2n) is 2.98. The van der Waals surface area contributed by atoms with Crippen LogP contribution in [0.25, 0.3) is 0 Å². The van der Waals surface area contributed by atoms with Gasteiger partial charge in [-0.2, -0.15) is 11.8 Å². The summed E-state index contributed by atoms with van der Waals surface area (Å²) in [4.78, 5) is 0. The first-order chi connectivity index (χ1) is 6.83. The van der Waals surface area contributed by atoms with Gasteiger partial charge in [-0.15, -0.1) is 0 Å². The molecule has 0 fully saturated rings. The molecule has 0 aliphatic carbocycles. The first kappa shape index (κ1) is 11.4. The lowest BCUT2D eigenvalue weighted by Gasteiger charge is -2.05. The highest BCUT2D eigenvalue weighted by molar-refractivity contribution is 7.99. The largest absolute Gasteiger partial charge is 0.385 e. The smallest absolute Gasteiger partial charge is 0.123 e. The molecule has 14 heavy (non-hydrogen) atoms. The Kier molecular flexibility index (Phi) is 5.45. The number of hydrogen-bond acceptors (Lipinski definition) is 2. The van der Waals surface area contributed by atoms with E-state index in [9.17, 15) is 4.39 Å². The summed E-state index contributed by atoms with van der Waals surface area (Å²) in [5.41, 5.74) is 0.993. The van der Waals surface area contributed by atoms with Gasteiger partial charge in [0.15, 0.2) is 0 Å². The van der Waals surface area contributed by atoms with Gasteiger partial charge in [0.25, 0.3) is 0 Å². The molecular formula is C11H16FNS. The molecule has 1 aromatic carbocycles. The van der Waals surface area contributed by atoms with E-state index in [2.05, 4.69) is 12.2 Å². The fourth-order valence-electron chi connectivity index (χ4n) is 1.12. The second-order valence-corrected chi connectivity index (χ2v) is 4.38. The molecule has 0 aliphatic rings. The van der Waals surface area contributed by atoms with Crippen molar-refractivity contribution in [3.05, 3.63) is 30.1 Å². The summed E-state index contributed by atoms with van der Waals surface area (Å²) in [5, 5.41) is 3.25. The zero-order valence-corrected chi connectivity index (χ0v) is 9.24. The van der Waals surface area contributed by atoms with Crippen LogP contribution in [0.5, 0.6) is 0 Å². The molecule has 1 aromatic rings. The van der Waals surface area contributed by atoms with Crippen molar-refractivity contribution in [1.29, 1.82) is 0 Å². The van der Waals surface area contributed by atoms with Gasteiger partial charge in [0, 0.05) is 12.2 Å². The highest BCUT2D eigenvalue weighted by Gasteiger charge is 1.92. The van der Waals surface area contributed by atoms with E-state index in [0.717, 1.165) is 18.7 Å². The predicted molar refractivity (Wildman–Crippen MR) is 62.5 cm³/mol. The molecule has 0 bridgehead atoms. The van der Waals surface area contributed by atoms with Crippen molar-refractivity contribution in [2.24, 2.45) is 0 Å². The van der Waals surface area contributed by atoms with Gasteiger partial charge >= 0.3 is 0 Å². The molecular weight excluding hydrogens is 197 g/mol. The van der Waals surface area contributed by atoms with Crippen LogP contribution in [0.15, 0.2) is 24.3 Å². The van der Waals surface area contributed by atoms with E-state index >= 15 is 0 Å². The molecule has 0 unspecified atom stereocenters. The van der Waals surface area contributed by atoms with Crippen molar-refractivity contribution in [3.8, 4) is 0 Å². The third kappa shape index (κ3) is 4.51. The van der Waals surface area contributed by atoms with Crippen molar-refractivity contribution in [1.82, 2.24) is 0 Å². The molecule has 1 rings (SSSR count). The number of anilines is 1. The van der Waals surface area contributed by atoms with Crippen LogP contribution in [-0.4, -0.2) is 18.1 Å². The number of hydrogen-bond donors (Lipinski definition) is 1. The van der Waals surface area contributed by atoms with Gasteiger partial charge in [-0.25, -0.2) is 4.39 Å². The lowest BCUT2D eigenvalue weighted by molar-refractivity contribution is 0.628. The Bertz CT molecular complexity index is 248. The van der Waals surface area contributed by atoms with Crippen LogP contribution in [-0.2, 0) is 0 Å². The monoisotopic (exact) mass is 213 g/mol. The lowest BCUT2D eigenvalue weighted by atomic mass is 10.3. The van der Waals surface area contributed by atoms with Crippen LogP contribution in [0.4, 0.5) is 10.1 Å². The highest BCUT2D eigenvalue weighted by atomic mass is 32.2. The van der Waals surface area contributed by atoms with E-state index in [1.807, 2.05) is 11.8 Å². The quantitative estimate of drug-likeness (QED) is 0.727. The molecule has 0 amide bonds. The molecule has 0 spiro atoms. The second kappa shape index (κ2) is 6.71. The van der Waals surface area contributed by atoms with E-state index in [1.54, 1.807) is 12.1 Å². The number of halogens is 1. The number of thioether (sulfide) groups is 1. The summed E-state index contributed by atoms with van der Waals surface area (Å²) in [5.74, 6) is 2.18. The molecule has 0 aromatic heterocycles. The molecule has 1 nitrogen and oxygen atoms in total. The first-order valence-electron chi connectivity index (χ1n) is 4.90. The van der Waals surface area contributed by atoms with Gasteiger partial charge in [-0.1, -0.05) is 6.92 Å². The normalized spacial score (nSPS) is 10.1. The standard InChI is InChI=1S/C11H16FNS/c1-2-14-9-3-8-13-11-6-4-10(12)5-7-11/h4-7,13H,2-3,8-9H2,1H3. The molecule has 0 heterocycles. The predicted octanol–water partition coefficient (Wildman–Crippen LogP) is 3.38. The van der Waals surface area contributed by atoms with Gasteiger partial charge in [-0.3, -0.25) is 0 Å². The topological polar surface area (TPSA) is 12.0 Å². The zero-order valence-electron chi connectivity index (χ0n) is 8.42. The van der Waals surface area contributed by atoms with Gasteiger partial charge in [0.1, 0.15) is 5.82 Å². The molecule has 0 aliphatic heterocycles. The summed E-state index contributed by atoms with van der Waals surface area (Å²) < 4.78 is 12.5.